The van der Waals surface area contributed by atoms with Gasteiger partial charge in [-0.1, -0.05) is 38.5 Å². The molecule has 0 bridgehead atoms. The average molecular weight is 217 g/mol. The lowest BCUT2D eigenvalue weighted by atomic mass is 9.80. The highest BCUT2D eigenvalue weighted by Crippen LogP contribution is 2.36. The smallest absolute Gasteiger partial charge is 0.0297 e. The molecule has 2 atom stereocenters. The molecule has 1 aromatic rings. The molecule has 0 amide bonds. The van der Waals surface area contributed by atoms with E-state index in [0.29, 0.717) is 5.92 Å². The van der Waals surface area contributed by atoms with E-state index in [4.69, 9.17) is 5.73 Å². The SMILES string of the molecule is CCCCc1ccc2c(c1)[C@@H](N)CCC2C. The predicted octanol–water partition coefficient (Wildman–Crippen LogP) is 3.93. The third-order valence-electron chi connectivity index (χ3n) is 3.81. The van der Waals surface area contributed by atoms with Crippen molar-refractivity contribution in [2.45, 2.75) is 57.9 Å². The van der Waals surface area contributed by atoms with Gasteiger partial charge in [-0.25, -0.2) is 0 Å². The summed E-state index contributed by atoms with van der Waals surface area (Å²) in [6.45, 7) is 4.56. The maximum absolute atomic E-state index is 6.21. The third-order valence-corrected chi connectivity index (χ3v) is 3.81. The summed E-state index contributed by atoms with van der Waals surface area (Å²) in [5.74, 6) is 0.690. The molecule has 16 heavy (non-hydrogen) atoms. The predicted molar refractivity (Wildman–Crippen MR) is 69.6 cm³/mol. The maximum atomic E-state index is 6.21. The number of benzene rings is 1. The average Bonchev–Trinajstić information content (AvgIpc) is 2.31. The Morgan fingerprint density at radius 2 is 2.06 bits per heavy atom. The van der Waals surface area contributed by atoms with Crippen LogP contribution in [0.15, 0.2) is 18.2 Å². The van der Waals surface area contributed by atoms with E-state index in [-0.39, 0.29) is 6.04 Å². The van der Waals surface area contributed by atoms with Crippen LogP contribution in [-0.4, -0.2) is 0 Å². The Balaban J connectivity index is 2.25. The number of aryl methyl sites for hydroxylation is 1. The Kier molecular flexibility index (Phi) is 3.65. The molecule has 2 rings (SSSR count). The summed E-state index contributed by atoms with van der Waals surface area (Å²) in [6.07, 6.45) is 6.13. The number of hydrogen-bond acceptors (Lipinski definition) is 1. The zero-order valence-electron chi connectivity index (χ0n) is 10.5. The van der Waals surface area contributed by atoms with Crippen LogP contribution in [-0.2, 0) is 6.42 Å². The van der Waals surface area contributed by atoms with Crippen LogP contribution in [0.4, 0.5) is 0 Å². The fraction of sp³-hybridized carbons (Fsp3) is 0.600. The van der Waals surface area contributed by atoms with E-state index in [1.165, 1.54) is 42.4 Å². The lowest BCUT2D eigenvalue weighted by Crippen LogP contribution is -2.19. The van der Waals surface area contributed by atoms with Gasteiger partial charge in [-0.2, -0.15) is 0 Å². The van der Waals surface area contributed by atoms with Crippen LogP contribution in [0.3, 0.4) is 0 Å². The van der Waals surface area contributed by atoms with Crippen molar-refractivity contribution in [1.82, 2.24) is 0 Å². The number of rotatable bonds is 3. The number of nitrogens with two attached hydrogens (primary N) is 1. The highest BCUT2D eigenvalue weighted by atomic mass is 14.6. The van der Waals surface area contributed by atoms with Crippen molar-refractivity contribution in [3.8, 4) is 0 Å². The first-order valence-corrected chi connectivity index (χ1v) is 6.60. The molecule has 0 fully saturated rings. The Morgan fingerprint density at radius 1 is 1.25 bits per heavy atom. The van der Waals surface area contributed by atoms with Crippen molar-refractivity contribution in [2.75, 3.05) is 0 Å². The zero-order chi connectivity index (χ0) is 11.5. The Labute approximate surface area is 99.0 Å². The van der Waals surface area contributed by atoms with Crippen molar-refractivity contribution in [1.29, 1.82) is 0 Å². The van der Waals surface area contributed by atoms with E-state index >= 15 is 0 Å². The van der Waals surface area contributed by atoms with E-state index in [0.717, 1.165) is 6.42 Å². The summed E-state index contributed by atoms with van der Waals surface area (Å²) >= 11 is 0. The summed E-state index contributed by atoms with van der Waals surface area (Å²) in [6, 6.07) is 7.23. The molecule has 0 heterocycles. The highest BCUT2D eigenvalue weighted by molar-refractivity contribution is 5.38. The molecule has 1 heteroatoms. The van der Waals surface area contributed by atoms with Crippen molar-refractivity contribution in [3.63, 3.8) is 0 Å². The lowest BCUT2D eigenvalue weighted by Gasteiger charge is -2.27. The Bertz CT molecular complexity index is 356. The van der Waals surface area contributed by atoms with Gasteiger partial charge in [0.2, 0.25) is 0 Å². The Hall–Kier alpha value is -0.820. The molecule has 2 N–H and O–H groups in total. The molecular formula is C15H23N. The van der Waals surface area contributed by atoms with Gasteiger partial charge in [-0.05, 0) is 48.3 Å². The van der Waals surface area contributed by atoms with E-state index in [2.05, 4.69) is 32.0 Å². The number of unbranched alkanes of at least 4 members (excludes halogenated alkanes) is 1. The Morgan fingerprint density at radius 3 is 2.81 bits per heavy atom. The minimum Gasteiger partial charge on any atom is -0.324 e. The highest BCUT2D eigenvalue weighted by Gasteiger charge is 2.21. The van der Waals surface area contributed by atoms with Crippen LogP contribution in [0, 0.1) is 0 Å². The van der Waals surface area contributed by atoms with E-state index in [1.54, 1.807) is 0 Å². The summed E-state index contributed by atoms with van der Waals surface area (Å²) < 4.78 is 0. The molecule has 1 aliphatic carbocycles. The normalized spacial score (nSPS) is 24.2. The second-order valence-corrected chi connectivity index (χ2v) is 5.15. The second-order valence-electron chi connectivity index (χ2n) is 5.15. The van der Waals surface area contributed by atoms with Gasteiger partial charge in [0.05, 0.1) is 0 Å². The van der Waals surface area contributed by atoms with E-state index in [1.807, 2.05) is 0 Å². The van der Waals surface area contributed by atoms with Crippen molar-refractivity contribution in [3.05, 3.63) is 34.9 Å². The van der Waals surface area contributed by atoms with Crippen LogP contribution in [0.1, 0.15) is 68.2 Å². The largest absolute Gasteiger partial charge is 0.324 e. The van der Waals surface area contributed by atoms with Gasteiger partial charge >= 0.3 is 0 Å². The molecule has 0 saturated heterocycles. The van der Waals surface area contributed by atoms with Gasteiger partial charge in [-0.15, -0.1) is 0 Å². The first-order chi connectivity index (χ1) is 7.72. The minimum atomic E-state index is 0.271. The molecule has 1 aromatic carbocycles. The monoisotopic (exact) mass is 217 g/mol. The quantitative estimate of drug-likeness (QED) is 0.815. The summed E-state index contributed by atoms with van der Waals surface area (Å²) in [5.41, 5.74) is 10.6. The van der Waals surface area contributed by atoms with Crippen LogP contribution in [0.5, 0.6) is 0 Å². The molecule has 88 valence electrons. The molecule has 0 saturated carbocycles. The topological polar surface area (TPSA) is 26.0 Å². The maximum Gasteiger partial charge on any atom is 0.0297 e. The summed E-state index contributed by atoms with van der Waals surface area (Å²) in [7, 11) is 0. The van der Waals surface area contributed by atoms with Crippen LogP contribution in [0.25, 0.3) is 0 Å². The van der Waals surface area contributed by atoms with Gasteiger partial charge in [0.1, 0.15) is 0 Å². The van der Waals surface area contributed by atoms with Gasteiger partial charge < -0.3 is 5.73 Å². The molecule has 1 aliphatic rings. The first kappa shape index (κ1) is 11.7. The van der Waals surface area contributed by atoms with Crippen molar-refractivity contribution < 1.29 is 0 Å². The zero-order valence-corrected chi connectivity index (χ0v) is 10.5. The summed E-state index contributed by atoms with van der Waals surface area (Å²) in [5, 5.41) is 0. The van der Waals surface area contributed by atoms with E-state index < -0.39 is 0 Å². The molecule has 0 radical (unpaired) electrons. The molecular weight excluding hydrogens is 194 g/mol. The minimum absolute atomic E-state index is 0.271. The van der Waals surface area contributed by atoms with Crippen molar-refractivity contribution >= 4 is 0 Å². The third kappa shape index (κ3) is 2.30. The molecule has 1 nitrogen and oxygen atoms in total. The second kappa shape index (κ2) is 5.01. The number of hydrogen-bond donors (Lipinski definition) is 1. The number of fused-ring (bicyclic) bond motifs is 1. The van der Waals surface area contributed by atoms with E-state index in [9.17, 15) is 0 Å². The van der Waals surface area contributed by atoms with Crippen LogP contribution < -0.4 is 5.73 Å². The van der Waals surface area contributed by atoms with Gasteiger partial charge in [0, 0.05) is 6.04 Å². The van der Waals surface area contributed by atoms with Crippen molar-refractivity contribution in [2.24, 2.45) is 5.73 Å². The van der Waals surface area contributed by atoms with Gasteiger partial charge in [0.25, 0.3) is 0 Å². The molecule has 0 spiro atoms. The standard InChI is InChI=1S/C15H23N/c1-3-4-5-12-7-8-13-11(2)6-9-15(16)14(13)10-12/h7-8,10-11,15H,3-6,9,16H2,1-2H3/t11?,15-/m0/s1. The van der Waals surface area contributed by atoms with Crippen LogP contribution >= 0.6 is 0 Å². The van der Waals surface area contributed by atoms with Gasteiger partial charge in [-0.3, -0.25) is 0 Å². The molecule has 0 aromatic heterocycles. The fourth-order valence-electron chi connectivity index (χ4n) is 2.67. The lowest BCUT2D eigenvalue weighted by molar-refractivity contribution is 0.513. The molecule has 1 unspecified atom stereocenters. The van der Waals surface area contributed by atoms with Gasteiger partial charge in [0.15, 0.2) is 0 Å². The van der Waals surface area contributed by atoms with Crippen LogP contribution in [0.2, 0.25) is 0 Å². The fourth-order valence-corrected chi connectivity index (χ4v) is 2.67. The molecule has 0 aliphatic heterocycles. The summed E-state index contributed by atoms with van der Waals surface area (Å²) in [4.78, 5) is 0. The first-order valence-electron chi connectivity index (χ1n) is 6.60.